The molecule has 1 heterocycles. The molecule has 6 nitrogen and oxygen atoms in total. The van der Waals surface area contributed by atoms with Crippen LogP contribution in [0.2, 0.25) is 14.8 Å². The Kier molecular flexibility index (Phi) is 8.44. The van der Waals surface area contributed by atoms with Crippen molar-refractivity contribution in [3.05, 3.63) is 36.0 Å². The minimum atomic E-state index is -0.971. The molecular weight excluding hydrogens is 427 g/mol. The number of benzene rings is 1. The van der Waals surface area contributed by atoms with Crippen LogP contribution in [-0.4, -0.2) is 53.2 Å². The molecule has 0 spiro atoms. The van der Waals surface area contributed by atoms with Gasteiger partial charge in [-0.3, -0.25) is 4.79 Å². The Morgan fingerprint density at radius 3 is 2.40 bits per heavy atom. The monoisotopic (exact) mass is 455 g/mol. The summed E-state index contributed by atoms with van der Waals surface area (Å²) in [6, 6.07) is 8.49. The molecule has 1 fully saturated rings. The molecule has 3 rings (SSSR count). The van der Waals surface area contributed by atoms with Crippen LogP contribution in [0.4, 0.5) is 0 Å². The summed E-state index contributed by atoms with van der Waals surface area (Å²) >= 11 is -0.543. The number of aliphatic carboxylic acids is 1. The summed E-state index contributed by atoms with van der Waals surface area (Å²) in [6.07, 6.45) is 2.64. The van der Waals surface area contributed by atoms with Gasteiger partial charge >= 0.3 is 40.5 Å². The number of hydrogen-bond donors (Lipinski definition) is 3. The van der Waals surface area contributed by atoms with Crippen molar-refractivity contribution < 1.29 is 20.2 Å². The van der Waals surface area contributed by atoms with E-state index in [1.54, 1.807) is 6.07 Å². The van der Waals surface area contributed by atoms with Crippen molar-refractivity contribution in [2.45, 2.75) is 40.1 Å². The van der Waals surface area contributed by atoms with E-state index in [0.29, 0.717) is 18.0 Å². The number of amides is 1. The van der Waals surface area contributed by atoms with Crippen LogP contribution in [0.25, 0.3) is 10.9 Å². The van der Waals surface area contributed by atoms with E-state index < -0.39 is 31.8 Å². The van der Waals surface area contributed by atoms with Gasteiger partial charge < -0.3 is 20.9 Å². The standard InChI is InChI=1S/C15H16N2O3.3CH3.H2O.Sn/c18-14(17-13(15(19)20)7-9-5-6-9)12-8-10-3-1-2-4-11(10)16-12;;;;;/h1-4,8-9,13,16H,5-7H2,(H,17,18)(H,19,20);3*1H3;1H2;. The Hall–Kier alpha value is -1.54. The fourth-order valence-corrected chi connectivity index (χ4v) is 2.34. The molecule has 1 unspecified atom stereocenters. The molecule has 1 aliphatic carbocycles. The van der Waals surface area contributed by atoms with Gasteiger partial charge in [-0.1, -0.05) is 31.0 Å². The van der Waals surface area contributed by atoms with E-state index in [4.69, 9.17) is 5.11 Å². The first kappa shape index (κ1) is 21.5. The third-order valence-corrected chi connectivity index (χ3v) is 3.64. The maximum atomic E-state index is 12.1. The van der Waals surface area contributed by atoms with Crippen LogP contribution < -0.4 is 5.32 Å². The zero-order chi connectivity index (χ0) is 17.7. The molecule has 137 valence electrons. The number of para-hydroxylation sites is 1. The molecule has 5 N–H and O–H groups in total. The number of aromatic nitrogens is 1. The normalized spacial score (nSPS) is 14.2. The third-order valence-electron chi connectivity index (χ3n) is 3.64. The number of hydrogen-bond acceptors (Lipinski definition) is 2. The third kappa shape index (κ3) is 7.07. The van der Waals surface area contributed by atoms with Crippen LogP contribution in [0, 0.1) is 5.92 Å². The molecule has 1 aromatic carbocycles. The first-order chi connectivity index (χ1) is 11.4. The van der Waals surface area contributed by atoms with Gasteiger partial charge in [0.2, 0.25) is 0 Å². The molecule has 7 heteroatoms. The van der Waals surface area contributed by atoms with Crippen molar-refractivity contribution in [2.75, 3.05) is 0 Å². The van der Waals surface area contributed by atoms with E-state index in [-0.39, 0.29) is 11.4 Å². The van der Waals surface area contributed by atoms with Crippen LogP contribution in [0.5, 0.6) is 0 Å². The van der Waals surface area contributed by atoms with Crippen LogP contribution in [0.15, 0.2) is 30.3 Å². The average molecular weight is 454 g/mol. The minimum absolute atomic E-state index is 0. The summed E-state index contributed by atoms with van der Waals surface area (Å²) in [4.78, 5) is 33.4. The van der Waals surface area contributed by atoms with Crippen molar-refractivity contribution in [1.82, 2.24) is 10.3 Å². The number of rotatable bonds is 5. The molecule has 1 amide bonds. The summed E-state index contributed by atoms with van der Waals surface area (Å²) in [5.74, 6) is -0.894. The molecule has 2 aromatic rings. The second-order valence-electron chi connectivity index (χ2n) is 6.81. The van der Waals surface area contributed by atoms with E-state index in [2.05, 4.69) is 25.1 Å². The Balaban J connectivity index is 0.000000568. The number of nitrogens with one attached hydrogen (secondary N) is 2. The molecule has 0 aliphatic heterocycles. The predicted octanol–water partition coefficient (Wildman–Crippen LogP) is 2.70. The van der Waals surface area contributed by atoms with Gasteiger partial charge in [0.1, 0.15) is 11.7 Å². The van der Waals surface area contributed by atoms with E-state index in [1.165, 1.54) is 0 Å². The number of fused-ring (bicyclic) bond motifs is 1. The fraction of sp³-hybridized carbons (Fsp3) is 0.444. The molecule has 1 aliphatic rings. The average Bonchev–Trinajstić information content (AvgIpc) is 3.21. The van der Waals surface area contributed by atoms with Crippen LogP contribution >= 0.6 is 0 Å². The van der Waals surface area contributed by atoms with Crippen molar-refractivity contribution in [1.29, 1.82) is 0 Å². The second-order valence-corrected chi connectivity index (χ2v) is 15.4. The van der Waals surface area contributed by atoms with Crippen molar-refractivity contribution in [3.63, 3.8) is 0 Å². The zero-order valence-electron chi connectivity index (χ0n) is 14.9. The zero-order valence-corrected chi connectivity index (χ0v) is 17.8. The molecule has 25 heavy (non-hydrogen) atoms. The fourth-order valence-electron chi connectivity index (χ4n) is 2.34. The molecule has 1 radical (unpaired) electrons. The SMILES string of the molecule is O.O=C(NC(CC1CC1)C(=O)O)c1cc2ccccc2[nH]1.[CH3][Sn]([CH3])[CH3]. The summed E-state index contributed by atoms with van der Waals surface area (Å²) in [7, 11) is 0. The van der Waals surface area contributed by atoms with Gasteiger partial charge in [0, 0.05) is 10.9 Å². The molecule has 1 saturated carbocycles. The van der Waals surface area contributed by atoms with Crippen molar-refractivity contribution in [3.8, 4) is 0 Å². The second kappa shape index (κ2) is 9.82. The van der Waals surface area contributed by atoms with Crippen molar-refractivity contribution in [2.24, 2.45) is 5.92 Å². The number of carboxylic acids is 1. The first-order valence-corrected chi connectivity index (χ1v) is 16.8. The predicted molar refractivity (Wildman–Crippen MR) is 101 cm³/mol. The summed E-state index contributed by atoms with van der Waals surface area (Å²) in [5.41, 5.74) is 1.26. The molecular formula is C18H27N2O4Sn. The van der Waals surface area contributed by atoms with Gasteiger partial charge in [0.25, 0.3) is 5.91 Å². The number of H-pyrrole nitrogens is 1. The van der Waals surface area contributed by atoms with Crippen molar-refractivity contribution >= 4 is 42.5 Å². The van der Waals surface area contributed by atoms with Gasteiger partial charge in [-0.25, -0.2) is 4.79 Å². The quantitative estimate of drug-likeness (QED) is 0.604. The maximum absolute atomic E-state index is 12.1. The number of carboxylic acid groups (broad SMARTS) is 1. The molecule has 1 atom stereocenters. The van der Waals surface area contributed by atoms with Gasteiger partial charge in [-0.2, -0.15) is 0 Å². The van der Waals surface area contributed by atoms with Crippen LogP contribution in [0.1, 0.15) is 29.8 Å². The Bertz CT molecular complexity index is 674. The topological polar surface area (TPSA) is 114 Å². The van der Waals surface area contributed by atoms with Gasteiger partial charge in [0.05, 0.1) is 0 Å². The number of carbonyl (C=O) groups excluding carboxylic acids is 1. The van der Waals surface area contributed by atoms with Gasteiger partial charge in [0.15, 0.2) is 0 Å². The Morgan fingerprint density at radius 2 is 1.88 bits per heavy atom. The Labute approximate surface area is 155 Å². The van der Waals surface area contributed by atoms with E-state index in [1.807, 2.05) is 24.3 Å². The van der Waals surface area contributed by atoms with Crippen LogP contribution in [-0.2, 0) is 4.79 Å². The summed E-state index contributed by atoms with van der Waals surface area (Å²) < 4.78 is 0. The molecule has 0 bridgehead atoms. The van der Waals surface area contributed by atoms with Gasteiger partial charge in [-0.15, -0.1) is 0 Å². The van der Waals surface area contributed by atoms with E-state index >= 15 is 0 Å². The molecule has 0 saturated heterocycles. The summed E-state index contributed by atoms with van der Waals surface area (Å²) in [6.45, 7) is 0. The number of aromatic amines is 1. The number of carbonyl (C=O) groups is 2. The first-order valence-electron chi connectivity index (χ1n) is 8.25. The summed E-state index contributed by atoms with van der Waals surface area (Å²) in [5, 5.41) is 12.7. The van der Waals surface area contributed by atoms with Gasteiger partial charge in [-0.05, 0) is 24.5 Å². The van der Waals surface area contributed by atoms with Crippen LogP contribution in [0.3, 0.4) is 0 Å². The molecule has 1 aromatic heterocycles. The van der Waals surface area contributed by atoms with E-state index in [0.717, 1.165) is 23.7 Å². The Morgan fingerprint density at radius 1 is 1.28 bits per heavy atom. The van der Waals surface area contributed by atoms with E-state index in [9.17, 15) is 9.59 Å².